The molecule has 0 fully saturated rings. The van der Waals surface area contributed by atoms with E-state index in [-0.39, 0.29) is 5.30 Å². The van der Waals surface area contributed by atoms with Crippen molar-refractivity contribution in [1.29, 1.82) is 0 Å². The van der Waals surface area contributed by atoms with Gasteiger partial charge in [-0.05, 0) is 12.1 Å². The van der Waals surface area contributed by atoms with Gasteiger partial charge in [0.05, 0.1) is 5.30 Å². The topological polar surface area (TPSA) is 88.1 Å². The van der Waals surface area contributed by atoms with Gasteiger partial charge in [0, 0.05) is 13.8 Å². The molecular formula is C12H15O7P. The van der Waals surface area contributed by atoms with E-state index in [0.717, 1.165) is 0 Å². The van der Waals surface area contributed by atoms with E-state index in [1.165, 1.54) is 26.0 Å². The zero-order valence-corrected chi connectivity index (χ0v) is 12.0. The SMILES string of the molecule is CC(=O)OCOP(=O)(OCOC(C)=O)c1ccccc1. The van der Waals surface area contributed by atoms with Crippen LogP contribution in [0.2, 0.25) is 0 Å². The minimum atomic E-state index is -3.74. The Hall–Kier alpha value is -1.69. The molecule has 0 aliphatic rings. The normalized spacial score (nSPS) is 10.9. The van der Waals surface area contributed by atoms with E-state index < -0.39 is 33.1 Å². The first-order chi connectivity index (χ1) is 9.44. The number of hydrogen-bond acceptors (Lipinski definition) is 7. The van der Waals surface area contributed by atoms with Crippen LogP contribution in [0, 0.1) is 0 Å². The average Bonchev–Trinajstić information content (AvgIpc) is 2.39. The number of carbonyl (C=O) groups is 2. The van der Waals surface area contributed by atoms with Crippen molar-refractivity contribution in [3.8, 4) is 0 Å². The lowest BCUT2D eigenvalue weighted by Gasteiger charge is -2.18. The van der Waals surface area contributed by atoms with Crippen molar-refractivity contribution >= 4 is 24.8 Å². The van der Waals surface area contributed by atoms with Gasteiger partial charge in [0.25, 0.3) is 0 Å². The molecular weight excluding hydrogens is 287 g/mol. The van der Waals surface area contributed by atoms with Crippen LogP contribution in [0.25, 0.3) is 0 Å². The highest BCUT2D eigenvalue weighted by molar-refractivity contribution is 7.62. The number of benzene rings is 1. The van der Waals surface area contributed by atoms with E-state index in [4.69, 9.17) is 9.05 Å². The minimum Gasteiger partial charge on any atom is -0.438 e. The van der Waals surface area contributed by atoms with Crippen LogP contribution in [0.4, 0.5) is 0 Å². The Morgan fingerprint density at radius 2 is 1.40 bits per heavy atom. The molecule has 0 radical (unpaired) electrons. The van der Waals surface area contributed by atoms with Crippen LogP contribution in [0.1, 0.15) is 13.8 Å². The van der Waals surface area contributed by atoms with Crippen LogP contribution in [0.15, 0.2) is 30.3 Å². The van der Waals surface area contributed by atoms with Gasteiger partial charge in [-0.25, -0.2) is 0 Å². The number of hydrogen-bond donors (Lipinski definition) is 0. The lowest BCUT2D eigenvalue weighted by Crippen LogP contribution is -2.15. The Morgan fingerprint density at radius 1 is 0.950 bits per heavy atom. The highest BCUT2D eigenvalue weighted by Gasteiger charge is 2.28. The largest absolute Gasteiger partial charge is 0.438 e. The van der Waals surface area contributed by atoms with Crippen molar-refractivity contribution in [2.24, 2.45) is 0 Å². The fourth-order valence-electron chi connectivity index (χ4n) is 1.15. The van der Waals surface area contributed by atoms with Crippen molar-refractivity contribution in [3.05, 3.63) is 30.3 Å². The third-order valence-electron chi connectivity index (χ3n) is 2.04. The summed E-state index contributed by atoms with van der Waals surface area (Å²) in [5.74, 6) is -1.16. The fraction of sp³-hybridized carbons (Fsp3) is 0.333. The Morgan fingerprint density at radius 3 is 1.80 bits per heavy atom. The first-order valence-corrected chi connectivity index (χ1v) is 7.20. The molecule has 0 heterocycles. The van der Waals surface area contributed by atoms with E-state index in [2.05, 4.69) is 9.47 Å². The molecule has 0 saturated carbocycles. The third-order valence-corrected chi connectivity index (χ3v) is 3.86. The van der Waals surface area contributed by atoms with Crippen LogP contribution >= 0.6 is 7.60 Å². The molecule has 0 aliphatic heterocycles. The van der Waals surface area contributed by atoms with Crippen molar-refractivity contribution < 1.29 is 32.7 Å². The summed E-state index contributed by atoms with van der Waals surface area (Å²) in [4.78, 5) is 21.3. The van der Waals surface area contributed by atoms with E-state index in [1.807, 2.05) is 0 Å². The minimum absolute atomic E-state index is 0.263. The summed E-state index contributed by atoms with van der Waals surface area (Å²) in [5.41, 5.74) is 0. The number of rotatable bonds is 7. The number of esters is 2. The maximum Gasteiger partial charge on any atom is 0.367 e. The fourth-order valence-corrected chi connectivity index (χ4v) is 2.45. The second-order valence-electron chi connectivity index (χ2n) is 3.60. The maximum atomic E-state index is 12.6. The van der Waals surface area contributed by atoms with Crippen molar-refractivity contribution in [1.82, 2.24) is 0 Å². The summed E-state index contributed by atoms with van der Waals surface area (Å²) in [6.45, 7) is 1.33. The molecule has 1 aromatic rings. The molecule has 0 spiro atoms. The molecule has 8 heteroatoms. The van der Waals surface area contributed by atoms with Crippen LogP contribution < -0.4 is 5.30 Å². The predicted octanol–water partition coefficient (Wildman–Crippen LogP) is 1.58. The van der Waals surface area contributed by atoms with Crippen molar-refractivity contribution in [2.75, 3.05) is 13.6 Å². The summed E-state index contributed by atoms with van der Waals surface area (Å²) in [7, 11) is -3.74. The second-order valence-corrected chi connectivity index (χ2v) is 5.63. The Kier molecular flexibility index (Phi) is 6.38. The van der Waals surface area contributed by atoms with E-state index in [9.17, 15) is 14.2 Å². The summed E-state index contributed by atoms with van der Waals surface area (Å²) in [6, 6.07) is 8.08. The summed E-state index contributed by atoms with van der Waals surface area (Å²) < 4.78 is 31.7. The van der Waals surface area contributed by atoms with E-state index in [0.29, 0.717) is 0 Å². The monoisotopic (exact) mass is 302 g/mol. The molecule has 1 rings (SSSR count). The smallest absolute Gasteiger partial charge is 0.367 e. The molecule has 0 aliphatic carbocycles. The number of ether oxygens (including phenoxy) is 2. The molecule has 7 nitrogen and oxygen atoms in total. The van der Waals surface area contributed by atoms with Crippen LogP contribution in [-0.2, 0) is 32.7 Å². The predicted molar refractivity (Wildman–Crippen MR) is 69.1 cm³/mol. The molecule has 0 aromatic heterocycles. The zero-order chi connectivity index (χ0) is 15.0. The van der Waals surface area contributed by atoms with Crippen molar-refractivity contribution in [2.45, 2.75) is 13.8 Å². The molecule has 1 aromatic carbocycles. The molecule has 0 N–H and O–H groups in total. The van der Waals surface area contributed by atoms with Gasteiger partial charge in [0.15, 0.2) is 0 Å². The van der Waals surface area contributed by atoms with Gasteiger partial charge in [-0.2, -0.15) is 0 Å². The van der Waals surface area contributed by atoms with Gasteiger partial charge in [0.1, 0.15) is 0 Å². The third kappa shape index (κ3) is 5.52. The first kappa shape index (κ1) is 16.4. The Balaban J connectivity index is 2.74. The van der Waals surface area contributed by atoms with Gasteiger partial charge in [-0.15, -0.1) is 0 Å². The van der Waals surface area contributed by atoms with Crippen LogP contribution in [-0.4, -0.2) is 25.5 Å². The maximum absolute atomic E-state index is 12.6. The molecule has 110 valence electrons. The average molecular weight is 302 g/mol. The molecule has 0 atom stereocenters. The highest BCUT2D eigenvalue weighted by atomic mass is 31.2. The standard InChI is InChI=1S/C12H15O7P/c1-10(13)16-8-18-20(15,19-9-17-11(2)14)12-6-4-3-5-7-12/h3-7H,8-9H2,1-2H3. The molecule has 20 heavy (non-hydrogen) atoms. The first-order valence-electron chi connectivity index (χ1n) is 5.65. The second kappa shape index (κ2) is 7.79. The van der Waals surface area contributed by atoms with Crippen LogP contribution in [0.5, 0.6) is 0 Å². The van der Waals surface area contributed by atoms with Gasteiger partial charge in [-0.3, -0.25) is 23.2 Å². The summed E-state index contributed by atoms with van der Waals surface area (Å²) >= 11 is 0. The van der Waals surface area contributed by atoms with Gasteiger partial charge in [0.2, 0.25) is 13.6 Å². The highest BCUT2D eigenvalue weighted by Crippen LogP contribution is 2.46. The Labute approximate surface area is 116 Å². The molecule has 0 unspecified atom stereocenters. The van der Waals surface area contributed by atoms with Crippen LogP contribution in [0.3, 0.4) is 0 Å². The molecule has 0 bridgehead atoms. The lowest BCUT2D eigenvalue weighted by molar-refractivity contribution is -0.149. The molecule has 0 amide bonds. The lowest BCUT2D eigenvalue weighted by atomic mass is 10.4. The van der Waals surface area contributed by atoms with Gasteiger partial charge < -0.3 is 9.47 Å². The van der Waals surface area contributed by atoms with Crippen molar-refractivity contribution in [3.63, 3.8) is 0 Å². The quantitative estimate of drug-likeness (QED) is 0.429. The van der Waals surface area contributed by atoms with Gasteiger partial charge in [-0.1, -0.05) is 18.2 Å². The van der Waals surface area contributed by atoms with E-state index >= 15 is 0 Å². The zero-order valence-electron chi connectivity index (χ0n) is 11.1. The Bertz CT molecular complexity index is 476. The summed E-state index contributed by atoms with van der Waals surface area (Å²) in [5, 5.41) is 0.263. The molecule has 0 saturated heterocycles. The number of carbonyl (C=O) groups excluding carboxylic acids is 2. The summed E-state index contributed by atoms with van der Waals surface area (Å²) in [6.07, 6.45) is 0. The van der Waals surface area contributed by atoms with E-state index in [1.54, 1.807) is 18.2 Å². The van der Waals surface area contributed by atoms with Gasteiger partial charge >= 0.3 is 19.5 Å².